The van der Waals surface area contributed by atoms with Gasteiger partial charge >= 0.3 is 0 Å². The standard InChI is InChI=1S/C12H11Br2FN2O2S2/c1-21(18,19)17-11-4-7(2-3-10(11)15)16-6-8-5-9(13)12(14)20-8/h2-5,16-17H,6H2,1H3. The molecule has 0 aliphatic carbocycles. The van der Waals surface area contributed by atoms with Gasteiger partial charge < -0.3 is 5.32 Å². The molecule has 0 saturated heterocycles. The third-order valence-electron chi connectivity index (χ3n) is 2.42. The number of benzene rings is 1. The number of hydrogen-bond acceptors (Lipinski definition) is 4. The Kier molecular flexibility index (Phi) is 5.29. The molecule has 0 spiro atoms. The Bertz CT molecular complexity index is 743. The van der Waals surface area contributed by atoms with E-state index in [0.29, 0.717) is 12.2 Å². The van der Waals surface area contributed by atoms with Crippen LogP contribution in [0.1, 0.15) is 4.88 Å². The fraction of sp³-hybridized carbons (Fsp3) is 0.167. The van der Waals surface area contributed by atoms with Crippen LogP contribution in [0.4, 0.5) is 15.8 Å². The maximum atomic E-state index is 13.6. The van der Waals surface area contributed by atoms with Gasteiger partial charge in [-0.15, -0.1) is 11.3 Å². The molecule has 114 valence electrons. The SMILES string of the molecule is CS(=O)(=O)Nc1cc(NCc2cc(Br)c(Br)s2)ccc1F. The van der Waals surface area contributed by atoms with Crippen molar-refractivity contribution in [1.82, 2.24) is 0 Å². The first-order valence-corrected chi connectivity index (χ1v) is 9.99. The van der Waals surface area contributed by atoms with E-state index in [4.69, 9.17) is 0 Å². The minimum absolute atomic E-state index is 0.0731. The van der Waals surface area contributed by atoms with E-state index < -0.39 is 15.8 Å². The number of sulfonamides is 1. The van der Waals surface area contributed by atoms with Crippen molar-refractivity contribution in [1.29, 1.82) is 0 Å². The van der Waals surface area contributed by atoms with Crippen molar-refractivity contribution in [3.63, 3.8) is 0 Å². The van der Waals surface area contributed by atoms with Crippen molar-refractivity contribution in [3.05, 3.63) is 43.2 Å². The number of halogens is 3. The van der Waals surface area contributed by atoms with Gasteiger partial charge in [0.15, 0.2) is 0 Å². The highest BCUT2D eigenvalue weighted by Gasteiger charge is 2.09. The predicted octanol–water partition coefficient (Wildman–Crippen LogP) is 4.40. The molecule has 2 aromatic rings. The molecule has 0 aliphatic rings. The summed E-state index contributed by atoms with van der Waals surface area (Å²) in [6.07, 6.45) is 0.979. The topological polar surface area (TPSA) is 58.2 Å². The Morgan fingerprint density at radius 2 is 2.00 bits per heavy atom. The zero-order valence-electron chi connectivity index (χ0n) is 10.8. The predicted molar refractivity (Wildman–Crippen MR) is 91.9 cm³/mol. The van der Waals surface area contributed by atoms with E-state index in [9.17, 15) is 12.8 Å². The number of anilines is 2. The molecule has 2 N–H and O–H groups in total. The lowest BCUT2D eigenvalue weighted by molar-refractivity contribution is 0.604. The molecule has 0 unspecified atom stereocenters. The maximum absolute atomic E-state index is 13.6. The summed E-state index contributed by atoms with van der Waals surface area (Å²) >= 11 is 8.39. The van der Waals surface area contributed by atoms with E-state index in [1.54, 1.807) is 17.4 Å². The second-order valence-electron chi connectivity index (χ2n) is 4.26. The highest BCUT2D eigenvalue weighted by molar-refractivity contribution is 9.13. The third-order valence-corrected chi connectivity index (χ3v) is 6.27. The van der Waals surface area contributed by atoms with Crippen molar-refractivity contribution in [2.45, 2.75) is 6.54 Å². The van der Waals surface area contributed by atoms with Crippen molar-refractivity contribution in [2.75, 3.05) is 16.3 Å². The van der Waals surface area contributed by atoms with Crippen LogP contribution in [0, 0.1) is 5.82 Å². The summed E-state index contributed by atoms with van der Waals surface area (Å²) in [4.78, 5) is 1.08. The number of nitrogens with one attached hydrogen (secondary N) is 2. The number of thiophene rings is 1. The van der Waals surface area contributed by atoms with Crippen LogP contribution in [0.2, 0.25) is 0 Å². The lowest BCUT2D eigenvalue weighted by atomic mass is 10.2. The monoisotopic (exact) mass is 456 g/mol. The van der Waals surface area contributed by atoms with Crippen LogP contribution >= 0.6 is 43.2 Å². The maximum Gasteiger partial charge on any atom is 0.229 e. The van der Waals surface area contributed by atoms with Gasteiger partial charge in [-0.05, 0) is 56.1 Å². The molecule has 1 aromatic carbocycles. The average molecular weight is 458 g/mol. The Morgan fingerprint density at radius 1 is 1.29 bits per heavy atom. The van der Waals surface area contributed by atoms with Gasteiger partial charge in [-0.25, -0.2) is 12.8 Å². The molecular weight excluding hydrogens is 447 g/mol. The lowest BCUT2D eigenvalue weighted by Gasteiger charge is -2.09. The molecule has 0 fully saturated rings. The first kappa shape index (κ1) is 16.7. The average Bonchev–Trinajstić information content (AvgIpc) is 2.68. The zero-order valence-corrected chi connectivity index (χ0v) is 15.6. The Labute approximate surface area is 143 Å². The number of hydrogen-bond donors (Lipinski definition) is 2. The van der Waals surface area contributed by atoms with E-state index in [0.717, 1.165) is 19.4 Å². The molecule has 0 radical (unpaired) electrons. The number of rotatable bonds is 5. The molecule has 0 aliphatic heterocycles. The van der Waals surface area contributed by atoms with E-state index in [1.165, 1.54) is 12.1 Å². The van der Waals surface area contributed by atoms with Crippen LogP contribution in [0.15, 0.2) is 32.5 Å². The minimum atomic E-state index is -3.51. The lowest BCUT2D eigenvalue weighted by Crippen LogP contribution is -2.11. The molecule has 2 rings (SSSR count). The van der Waals surface area contributed by atoms with Crippen LogP contribution in [0.5, 0.6) is 0 Å². The summed E-state index contributed by atoms with van der Waals surface area (Å²) in [6, 6.07) is 6.17. The van der Waals surface area contributed by atoms with Gasteiger partial charge in [0.1, 0.15) is 5.82 Å². The third kappa shape index (κ3) is 4.94. The second kappa shape index (κ2) is 6.64. The van der Waals surface area contributed by atoms with E-state index in [-0.39, 0.29) is 5.69 Å². The quantitative estimate of drug-likeness (QED) is 0.699. The van der Waals surface area contributed by atoms with E-state index >= 15 is 0 Å². The van der Waals surface area contributed by atoms with Crippen LogP contribution < -0.4 is 10.0 Å². The molecule has 21 heavy (non-hydrogen) atoms. The van der Waals surface area contributed by atoms with Gasteiger partial charge in [0.2, 0.25) is 10.0 Å². The van der Waals surface area contributed by atoms with Gasteiger partial charge in [-0.2, -0.15) is 0 Å². The van der Waals surface area contributed by atoms with Crippen molar-refractivity contribution >= 4 is 64.6 Å². The summed E-state index contributed by atoms with van der Waals surface area (Å²) in [5, 5.41) is 3.12. The largest absolute Gasteiger partial charge is 0.380 e. The molecular formula is C12H11Br2FN2O2S2. The highest BCUT2D eigenvalue weighted by Crippen LogP contribution is 2.32. The van der Waals surface area contributed by atoms with E-state index in [2.05, 4.69) is 41.9 Å². The summed E-state index contributed by atoms with van der Waals surface area (Å²) in [5.41, 5.74) is 0.555. The zero-order chi connectivity index (χ0) is 15.6. The molecule has 4 nitrogen and oxygen atoms in total. The van der Waals surface area contributed by atoms with E-state index in [1.807, 2.05) is 6.07 Å². The molecule has 1 aromatic heterocycles. The van der Waals surface area contributed by atoms with Gasteiger partial charge in [-0.3, -0.25) is 4.72 Å². The normalized spacial score (nSPS) is 11.4. The molecule has 1 heterocycles. The van der Waals surface area contributed by atoms with Crippen LogP contribution in [-0.4, -0.2) is 14.7 Å². The summed E-state index contributed by atoms with van der Waals surface area (Å²) < 4.78 is 40.0. The van der Waals surface area contributed by atoms with Crippen LogP contribution in [0.25, 0.3) is 0 Å². The molecule has 0 saturated carbocycles. The summed E-state index contributed by atoms with van der Waals surface area (Å²) in [6.45, 7) is 0.554. The first-order valence-electron chi connectivity index (χ1n) is 5.69. The Hall–Kier alpha value is -0.640. The summed E-state index contributed by atoms with van der Waals surface area (Å²) in [7, 11) is -3.51. The molecule has 0 amide bonds. The first-order chi connectivity index (χ1) is 9.74. The Balaban J connectivity index is 2.12. The fourth-order valence-corrected chi connectivity index (χ4v) is 4.25. The highest BCUT2D eigenvalue weighted by atomic mass is 79.9. The van der Waals surface area contributed by atoms with Gasteiger partial charge in [0, 0.05) is 21.6 Å². The second-order valence-corrected chi connectivity index (χ2v) is 9.31. The fourth-order valence-electron chi connectivity index (χ4n) is 1.58. The van der Waals surface area contributed by atoms with Crippen molar-refractivity contribution in [2.24, 2.45) is 0 Å². The molecule has 9 heteroatoms. The van der Waals surface area contributed by atoms with Gasteiger partial charge in [0.25, 0.3) is 0 Å². The van der Waals surface area contributed by atoms with Crippen LogP contribution in [0.3, 0.4) is 0 Å². The van der Waals surface area contributed by atoms with Crippen molar-refractivity contribution in [3.8, 4) is 0 Å². The minimum Gasteiger partial charge on any atom is -0.380 e. The van der Waals surface area contributed by atoms with Gasteiger partial charge in [0.05, 0.1) is 15.7 Å². The molecule has 0 bridgehead atoms. The molecule has 0 atom stereocenters. The smallest absolute Gasteiger partial charge is 0.229 e. The summed E-state index contributed by atoms with van der Waals surface area (Å²) in [5.74, 6) is -0.618. The Morgan fingerprint density at radius 3 is 2.57 bits per heavy atom. The van der Waals surface area contributed by atoms with Crippen LogP contribution in [-0.2, 0) is 16.6 Å². The van der Waals surface area contributed by atoms with Gasteiger partial charge in [-0.1, -0.05) is 0 Å². The van der Waals surface area contributed by atoms with Crippen molar-refractivity contribution < 1.29 is 12.8 Å².